The molecular weight excluding hydrogens is 338 g/mol. The number of aryl methyl sites for hydroxylation is 1. The molecule has 3 rings (SSSR count). The highest BCUT2D eigenvalue weighted by molar-refractivity contribution is 6.10. The number of ketones is 1. The van der Waals surface area contributed by atoms with E-state index in [0.29, 0.717) is 22.5 Å². The van der Waals surface area contributed by atoms with Gasteiger partial charge in [-0.2, -0.15) is 5.10 Å². The van der Waals surface area contributed by atoms with Crippen LogP contribution in [-0.2, 0) is 12.5 Å². The number of nitrogens with zero attached hydrogens (tertiary/aromatic N) is 2. The summed E-state index contributed by atoms with van der Waals surface area (Å²) in [5.41, 5.74) is 2.91. The molecule has 138 valence electrons. The van der Waals surface area contributed by atoms with E-state index in [2.05, 4.69) is 31.2 Å². The Labute approximate surface area is 159 Å². The number of hydrogen-bond acceptors (Lipinski definition) is 3. The van der Waals surface area contributed by atoms with Gasteiger partial charge < -0.3 is 5.32 Å². The molecule has 1 amide bonds. The summed E-state index contributed by atoms with van der Waals surface area (Å²) in [6.45, 7) is 6.22. The van der Waals surface area contributed by atoms with Crippen molar-refractivity contribution < 1.29 is 9.59 Å². The first-order valence-electron chi connectivity index (χ1n) is 8.81. The Balaban J connectivity index is 1.81. The second kappa shape index (κ2) is 7.19. The van der Waals surface area contributed by atoms with Crippen molar-refractivity contribution in [2.45, 2.75) is 26.2 Å². The van der Waals surface area contributed by atoms with Crippen LogP contribution in [-0.4, -0.2) is 21.5 Å². The maximum absolute atomic E-state index is 12.6. The molecule has 5 nitrogen and oxygen atoms in total. The highest BCUT2D eigenvalue weighted by Gasteiger charge is 2.22. The fourth-order valence-electron chi connectivity index (χ4n) is 2.97. The quantitative estimate of drug-likeness (QED) is 0.708. The molecule has 0 radical (unpaired) electrons. The van der Waals surface area contributed by atoms with Gasteiger partial charge in [0.25, 0.3) is 5.91 Å². The molecule has 0 aliphatic carbocycles. The Morgan fingerprint density at radius 3 is 2.22 bits per heavy atom. The van der Waals surface area contributed by atoms with Crippen molar-refractivity contribution in [3.05, 3.63) is 83.2 Å². The number of aromatic nitrogens is 2. The molecule has 27 heavy (non-hydrogen) atoms. The summed E-state index contributed by atoms with van der Waals surface area (Å²) >= 11 is 0. The molecule has 1 N–H and O–H groups in total. The van der Waals surface area contributed by atoms with Crippen LogP contribution >= 0.6 is 0 Å². The fraction of sp³-hybridized carbons (Fsp3) is 0.227. The number of rotatable bonds is 4. The van der Waals surface area contributed by atoms with Gasteiger partial charge in [0, 0.05) is 35.0 Å². The maximum atomic E-state index is 12.6. The van der Waals surface area contributed by atoms with E-state index in [1.807, 2.05) is 25.2 Å². The molecule has 2 aromatic carbocycles. The van der Waals surface area contributed by atoms with Crippen LogP contribution in [0.2, 0.25) is 0 Å². The van der Waals surface area contributed by atoms with E-state index in [1.165, 1.54) is 0 Å². The lowest BCUT2D eigenvalue weighted by Gasteiger charge is -2.17. The van der Waals surface area contributed by atoms with Gasteiger partial charge in [-0.15, -0.1) is 0 Å². The van der Waals surface area contributed by atoms with E-state index < -0.39 is 0 Å². The third-order valence-electron chi connectivity index (χ3n) is 4.30. The monoisotopic (exact) mass is 361 g/mol. The Morgan fingerprint density at radius 1 is 0.926 bits per heavy atom. The van der Waals surface area contributed by atoms with Gasteiger partial charge in [0.05, 0.1) is 0 Å². The molecule has 0 saturated carbocycles. The van der Waals surface area contributed by atoms with Gasteiger partial charge in [-0.1, -0.05) is 63.2 Å². The Morgan fingerprint density at radius 2 is 1.59 bits per heavy atom. The number of carbonyl (C=O) groups is 2. The smallest absolute Gasteiger partial charge is 0.276 e. The van der Waals surface area contributed by atoms with Crippen molar-refractivity contribution >= 4 is 17.4 Å². The Kier molecular flexibility index (Phi) is 4.95. The van der Waals surface area contributed by atoms with E-state index in [9.17, 15) is 9.59 Å². The molecular formula is C22H23N3O2. The van der Waals surface area contributed by atoms with E-state index in [0.717, 1.165) is 5.69 Å². The fourth-order valence-corrected chi connectivity index (χ4v) is 2.97. The number of nitrogens with one attached hydrogen (secondary N) is 1. The minimum absolute atomic E-state index is 0.0837. The molecule has 0 spiro atoms. The van der Waals surface area contributed by atoms with Crippen LogP contribution in [0.3, 0.4) is 0 Å². The molecule has 3 aromatic rings. The van der Waals surface area contributed by atoms with Crippen molar-refractivity contribution in [3.63, 3.8) is 0 Å². The van der Waals surface area contributed by atoms with Crippen molar-refractivity contribution in [1.82, 2.24) is 9.78 Å². The van der Waals surface area contributed by atoms with Crippen molar-refractivity contribution in [1.29, 1.82) is 0 Å². The summed E-state index contributed by atoms with van der Waals surface area (Å²) in [5, 5.41) is 7.15. The Hall–Kier alpha value is -3.21. The predicted octanol–water partition coefficient (Wildman–Crippen LogP) is 4.20. The number of benzene rings is 2. The molecule has 0 atom stereocenters. The van der Waals surface area contributed by atoms with E-state index in [1.54, 1.807) is 47.1 Å². The highest BCUT2D eigenvalue weighted by Crippen LogP contribution is 2.23. The van der Waals surface area contributed by atoms with Crippen molar-refractivity contribution in [2.75, 3.05) is 5.32 Å². The number of anilines is 1. The zero-order valence-electron chi connectivity index (χ0n) is 16.0. The molecule has 0 bridgehead atoms. The van der Waals surface area contributed by atoms with Crippen molar-refractivity contribution in [2.24, 2.45) is 7.05 Å². The lowest BCUT2D eigenvalue weighted by atomic mass is 9.92. The summed E-state index contributed by atoms with van der Waals surface area (Å²) in [6, 6.07) is 17.8. The number of amides is 1. The molecule has 0 aliphatic rings. The summed E-state index contributed by atoms with van der Waals surface area (Å²) < 4.78 is 1.73. The van der Waals surface area contributed by atoms with E-state index in [4.69, 9.17) is 0 Å². The van der Waals surface area contributed by atoms with Crippen LogP contribution in [0, 0.1) is 0 Å². The van der Waals surface area contributed by atoms with Gasteiger partial charge in [0.2, 0.25) is 0 Å². The second-order valence-corrected chi connectivity index (χ2v) is 7.52. The van der Waals surface area contributed by atoms with Crippen LogP contribution in [0.5, 0.6) is 0 Å². The average Bonchev–Trinajstić information content (AvgIpc) is 3.04. The molecule has 0 unspecified atom stereocenters. The zero-order valence-corrected chi connectivity index (χ0v) is 16.0. The molecule has 1 aromatic heterocycles. The molecule has 5 heteroatoms. The summed E-state index contributed by atoms with van der Waals surface area (Å²) in [4.78, 5) is 25.2. The number of hydrogen-bond donors (Lipinski definition) is 1. The van der Waals surface area contributed by atoms with Gasteiger partial charge in [-0.05, 0) is 18.2 Å². The van der Waals surface area contributed by atoms with Crippen LogP contribution < -0.4 is 5.32 Å². The lowest BCUT2D eigenvalue weighted by molar-refractivity contribution is 0.101. The second-order valence-electron chi connectivity index (χ2n) is 7.52. The summed E-state index contributed by atoms with van der Waals surface area (Å²) in [7, 11) is 1.83. The normalized spacial score (nSPS) is 11.3. The van der Waals surface area contributed by atoms with E-state index in [-0.39, 0.29) is 17.1 Å². The van der Waals surface area contributed by atoms with Gasteiger partial charge >= 0.3 is 0 Å². The third-order valence-corrected chi connectivity index (χ3v) is 4.30. The molecule has 0 fully saturated rings. The highest BCUT2D eigenvalue weighted by atomic mass is 16.2. The van der Waals surface area contributed by atoms with Gasteiger partial charge in [0.15, 0.2) is 11.5 Å². The first kappa shape index (κ1) is 18.6. The SMILES string of the molecule is Cn1nc(C(=O)Nc2cccc(C(=O)c3ccccc3)c2)cc1C(C)(C)C. The largest absolute Gasteiger partial charge is 0.321 e. The predicted molar refractivity (Wildman–Crippen MR) is 106 cm³/mol. The standard InChI is InChI=1S/C22H23N3O2/c1-22(2,3)19-14-18(24-25(19)4)21(27)23-17-12-8-11-16(13-17)20(26)15-9-6-5-7-10-15/h5-14H,1-4H3,(H,23,27). The van der Waals surface area contributed by atoms with Gasteiger partial charge in [-0.3, -0.25) is 14.3 Å². The lowest BCUT2D eigenvalue weighted by Crippen LogP contribution is -2.16. The summed E-state index contributed by atoms with van der Waals surface area (Å²) in [5.74, 6) is -0.384. The van der Waals surface area contributed by atoms with Crippen LogP contribution in [0.15, 0.2) is 60.7 Å². The molecule has 0 aliphatic heterocycles. The molecule has 0 saturated heterocycles. The summed E-state index contributed by atoms with van der Waals surface area (Å²) in [6.07, 6.45) is 0. The van der Waals surface area contributed by atoms with Crippen LogP contribution in [0.25, 0.3) is 0 Å². The Bertz CT molecular complexity index is 982. The van der Waals surface area contributed by atoms with Crippen LogP contribution in [0.1, 0.15) is 52.9 Å². The zero-order chi connectivity index (χ0) is 19.6. The first-order chi connectivity index (χ1) is 12.8. The topological polar surface area (TPSA) is 64.0 Å². The molecule has 1 heterocycles. The number of carbonyl (C=O) groups excluding carboxylic acids is 2. The minimum Gasteiger partial charge on any atom is -0.321 e. The minimum atomic E-state index is -0.301. The maximum Gasteiger partial charge on any atom is 0.276 e. The van der Waals surface area contributed by atoms with Crippen LogP contribution in [0.4, 0.5) is 5.69 Å². The van der Waals surface area contributed by atoms with E-state index >= 15 is 0 Å². The average molecular weight is 361 g/mol. The third kappa shape index (κ3) is 4.14. The van der Waals surface area contributed by atoms with Crippen molar-refractivity contribution in [3.8, 4) is 0 Å². The first-order valence-corrected chi connectivity index (χ1v) is 8.81. The van der Waals surface area contributed by atoms with Gasteiger partial charge in [-0.25, -0.2) is 0 Å². The van der Waals surface area contributed by atoms with Gasteiger partial charge in [0.1, 0.15) is 0 Å².